The van der Waals surface area contributed by atoms with Crippen molar-refractivity contribution in [2.45, 2.75) is 12.4 Å². The number of nitriles is 1. The first kappa shape index (κ1) is 37.6. The van der Waals surface area contributed by atoms with Gasteiger partial charge in [0.15, 0.2) is 0 Å². The number of hydrogen-bond acceptors (Lipinski definition) is 1. The highest BCUT2D eigenvalue weighted by atomic mass is 19.4. The second-order valence-corrected chi connectivity index (χ2v) is 14.8. The van der Waals surface area contributed by atoms with E-state index in [2.05, 4.69) is 33.4 Å². The fraction of sp³-hybridized carbons (Fsp3) is 0.0392. The lowest BCUT2D eigenvalue weighted by atomic mass is 9.97. The van der Waals surface area contributed by atoms with Crippen molar-refractivity contribution in [2.24, 2.45) is 0 Å². The van der Waals surface area contributed by atoms with E-state index in [1.807, 2.05) is 60.7 Å². The molecular formula is C51H28F7N3. The van der Waals surface area contributed by atoms with Gasteiger partial charge in [0.2, 0.25) is 0 Å². The number of aromatic nitrogens is 2. The molecule has 10 rings (SSSR count). The molecule has 10 heteroatoms. The van der Waals surface area contributed by atoms with Gasteiger partial charge >= 0.3 is 12.4 Å². The van der Waals surface area contributed by atoms with Crippen LogP contribution in [-0.4, -0.2) is 9.13 Å². The van der Waals surface area contributed by atoms with Gasteiger partial charge in [0.05, 0.1) is 44.8 Å². The molecule has 0 fully saturated rings. The maximum absolute atomic E-state index is 14.5. The maximum atomic E-state index is 14.5. The summed E-state index contributed by atoms with van der Waals surface area (Å²) >= 11 is 0. The number of hydrogen-bond donors (Lipinski definition) is 0. The monoisotopic (exact) mass is 815 g/mol. The van der Waals surface area contributed by atoms with Crippen LogP contribution in [0, 0.1) is 17.1 Å². The quantitative estimate of drug-likeness (QED) is 0.159. The number of fused-ring (bicyclic) bond motifs is 6. The van der Waals surface area contributed by atoms with E-state index < -0.39 is 29.3 Å². The fourth-order valence-electron chi connectivity index (χ4n) is 8.59. The van der Waals surface area contributed by atoms with E-state index in [9.17, 15) is 36.0 Å². The Morgan fingerprint density at radius 2 is 0.885 bits per heavy atom. The smallest absolute Gasteiger partial charge is 0.309 e. The summed E-state index contributed by atoms with van der Waals surface area (Å²) in [6.45, 7) is 0. The average Bonchev–Trinajstić information content (AvgIpc) is 3.77. The predicted octanol–water partition coefficient (Wildman–Crippen LogP) is 14.9. The summed E-state index contributed by atoms with van der Waals surface area (Å²) in [7, 11) is 0. The standard InChI is InChI=1S/C51H28F7N3/c52-44-9-5-8-38(49(44)51(56,57)58)32-15-21-36(22-16-32)61-46-11-4-2-7-40(46)42-25-18-34(28-48(42)61)33-17-24-41-39-6-1-3-10-45(39)60(47(41)27-33)35-19-13-31(14-20-35)37-23-12-30(29-59)26-43(37)50(53,54)55/h1-28H. The maximum Gasteiger partial charge on any atom is 0.419 e. The molecule has 0 radical (unpaired) electrons. The zero-order valence-electron chi connectivity index (χ0n) is 31.7. The van der Waals surface area contributed by atoms with Crippen molar-refractivity contribution < 1.29 is 30.7 Å². The predicted molar refractivity (Wildman–Crippen MR) is 226 cm³/mol. The molecule has 0 N–H and O–H groups in total. The topological polar surface area (TPSA) is 33.6 Å². The first-order valence-corrected chi connectivity index (χ1v) is 19.1. The summed E-state index contributed by atoms with van der Waals surface area (Å²) in [5.74, 6) is -1.33. The van der Waals surface area contributed by atoms with E-state index in [4.69, 9.17) is 0 Å². The molecule has 296 valence electrons. The summed E-state index contributed by atoms with van der Waals surface area (Å²) < 4.78 is 103. The van der Waals surface area contributed by atoms with Gasteiger partial charge in [0.1, 0.15) is 5.82 Å². The summed E-state index contributed by atoms with van der Waals surface area (Å²) in [5, 5.41) is 13.2. The van der Waals surface area contributed by atoms with E-state index in [0.717, 1.165) is 72.6 Å². The minimum Gasteiger partial charge on any atom is -0.309 e. The average molecular weight is 816 g/mol. The Labute approximate surface area is 343 Å². The normalized spacial score (nSPS) is 12.2. The molecule has 0 saturated heterocycles. The third-order valence-corrected chi connectivity index (χ3v) is 11.3. The second-order valence-electron chi connectivity index (χ2n) is 14.8. The van der Waals surface area contributed by atoms with Gasteiger partial charge < -0.3 is 9.13 Å². The molecule has 61 heavy (non-hydrogen) atoms. The molecule has 3 nitrogen and oxygen atoms in total. The molecule has 0 bridgehead atoms. The van der Waals surface area contributed by atoms with Crippen LogP contribution < -0.4 is 0 Å². The Bertz CT molecular complexity index is 3400. The number of benzene rings is 8. The zero-order chi connectivity index (χ0) is 42.2. The first-order valence-electron chi connectivity index (χ1n) is 19.1. The van der Waals surface area contributed by atoms with Gasteiger partial charge in [-0.1, -0.05) is 103 Å². The van der Waals surface area contributed by atoms with Crippen molar-refractivity contribution in [3.8, 4) is 50.8 Å². The van der Waals surface area contributed by atoms with Crippen LogP contribution in [0.3, 0.4) is 0 Å². The number of alkyl halides is 6. The zero-order valence-corrected chi connectivity index (χ0v) is 31.7. The van der Waals surface area contributed by atoms with Crippen LogP contribution >= 0.6 is 0 Å². The van der Waals surface area contributed by atoms with E-state index in [1.165, 1.54) is 24.3 Å². The van der Waals surface area contributed by atoms with Crippen LogP contribution in [0.1, 0.15) is 16.7 Å². The van der Waals surface area contributed by atoms with Crippen molar-refractivity contribution in [1.82, 2.24) is 9.13 Å². The van der Waals surface area contributed by atoms with Gasteiger partial charge in [-0.05, 0) is 100 Å². The number of para-hydroxylation sites is 2. The third kappa shape index (κ3) is 6.28. The SMILES string of the molecule is N#Cc1ccc(-c2ccc(-n3c4ccccc4c4ccc(-c5ccc6c7ccccc7n(-c7ccc(-c8cccc(F)c8C(F)(F)F)cc7)c6c5)cc43)cc2)c(C(F)(F)F)c1. The lowest BCUT2D eigenvalue weighted by molar-refractivity contribution is -0.139. The summed E-state index contributed by atoms with van der Waals surface area (Å²) in [4.78, 5) is 0. The van der Waals surface area contributed by atoms with Crippen molar-refractivity contribution in [3.05, 3.63) is 192 Å². The molecule has 2 heterocycles. The molecule has 0 aliphatic carbocycles. The lowest BCUT2D eigenvalue weighted by Crippen LogP contribution is -2.10. The molecule has 0 aliphatic rings. The third-order valence-electron chi connectivity index (χ3n) is 11.3. The van der Waals surface area contributed by atoms with Crippen LogP contribution in [0.25, 0.3) is 88.4 Å². The van der Waals surface area contributed by atoms with Crippen molar-refractivity contribution in [3.63, 3.8) is 0 Å². The van der Waals surface area contributed by atoms with Gasteiger partial charge in [0, 0.05) is 32.9 Å². The summed E-state index contributed by atoms with van der Waals surface area (Å²) in [6.07, 6.45) is -9.53. The molecular weight excluding hydrogens is 788 g/mol. The van der Waals surface area contributed by atoms with Crippen LogP contribution in [0.5, 0.6) is 0 Å². The van der Waals surface area contributed by atoms with E-state index in [1.54, 1.807) is 54.6 Å². The molecule has 10 aromatic rings. The molecule has 0 atom stereocenters. The Kier molecular flexibility index (Phi) is 8.63. The Morgan fingerprint density at radius 1 is 0.410 bits per heavy atom. The molecule has 0 unspecified atom stereocenters. The highest BCUT2D eigenvalue weighted by molar-refractivity contribution is 6.12. The van der Waals surface area contributed by atoms with Crippen molar-refractivity contribution in [1.29, 1.82) is 5.26 Å². The minimum absolute atomic E-state index is 0.0199. The van der Waals surface area contributed by atoms with E-state index >= 15 is 0 Å². The lowest BCUT2D eigenvalue weighted by Gasteiger charge is -2.15. The Morgan fingerprint density at radius 3 is 1.38 bits per heavy atom. The largest absolute Gasteiger partial charge is 0.419 e. The molecule has 2 aromatic heterocycles. The second kappa shape index (κ2) is 14.0. The van der Waals surface area contributed by atoms with Gasteiger partial charge in [0.25, 0.3) is 0 Å². The Balaban J connectivity index is 1.09. The minimum atomic E-state index is -4.87. The fourth-order valence-corrected chi connectivity index (χ4v) is 8.59. The van der Waals surface area contributed by atoms with Crippen molar-refractivity contribution in [2.75, 3.05) is 0 Å². The summed E-state index contributed by atoms with van der Waals surface area (Å²) in [6, 6.07) is 50.4. The highest BCUT2D eigenvalue weighted by Crippen LogP contribution is 2.42. The molecule has 8 aromatic carbocycles. The van der Waals surface area contributed by atoms with Gasteiger partial charge in [-0.15, -0.1) is 0 Å². The summed E-state index contributed by atoms with van der Waals surface area (Å²) in [5.41, 5.74) is 4.89. The van der Waals surface area contributed by atoms with Crippen molar-refractivity contribution >= 4 is 43.6 Å². The van der Waals surface area contributed by atoms with Gasteiger partial charge in [-0.3, -0.25) is 0 Å². The van der Waals surface area contributed by atoms with E-state index in [-0.39, 0.29) is 22.3 Å². The molecule has 0 saturated carbocycles. The molecule has 0 aliphatic heterocycles. The van der Waals surface area contributed by atoms with Gasteiger partial charge in [-0.25, -0.2) is 4.39 Å². The first-order chi connectivity index (χ1) is 29.4. The van der Waals surface area contributed by atoms with Crippen LogP contribution in [-0.2, 0) is 12.4 Å². The highest BCUT2D eigenvalue weighted by Gasteiger charge is 2.37. The Hall–Kier alpha value is -7.64. The van der Waals surface area contributed by atoms with Crippen LogP contribution in [0.4, 0.5) is 30.7 Å². The van der Waals surface area contributed by atoms with Crippen LogP contribution in [0.2, 0.25) is 0 Å². The number of nitrogens with zero attached hydrogens (tertiary/aromatic N) is 3. The van der Waals surface area contributed by atoms with E-state index in [0.29, 0.717) is 11.3 Å². The van der Waals surface area contributed by atoms with Gasteiger partial charge in [-0.2, -0.15) is 31.6 Å². The molecule has 0 amide bonds. The molecule has 0 spiro atoms. The van der Waals surface area contributed by atoms with Crippen LogP contribution in [0.15, 0.2) is 170 Å². The number of halogens is 7. The number of rotatable bonds is 5.